The van der Waals surface area contributed by atoms with Crippen LogP contribution < -0.4 is 0 Å². The second kappa shape index (κ2) is 11.1. The van der Waals surface area contributed by atoms with Crippen LogP contribution in [0.4, 0.5) is 0 Å². The Kier molecular flexibility index (Phi) is 10.4. The van der Waals surface area contributed by atoms with E-state index in [2.05, 4.69) is 26.5 Å². The lowest BCUT2D eigenvalue weighted by molar-refractivity contribution is -0.150. The van der Waals surface area contributed by atoms with Gasteiger partial charge >= 0.3 is 5.97 Å². The van der Waals surface area contributed by atoms with Crippen molar-refractivity contribution in [2.75, 3.05) is 6.61 Å². The minimum atomic E-state index is -0.0596. The number of ether oxygens (including phenoxy) is 1. The lowest BCUT2D eigenvalue weighted by atomic mass is 9.99. The maximum atomic E-state index is 11.9. The molecule has 0 heterocycles. The van der Waals surface area contributed by atoms with Gasteiger partial charge in [0.2, 0.25) is 0 Å². The second-order valence-corrected chi connectivity index (χ2v) is 4.72. The molecule has 0 aliphatic rings. The molecule has 0 fully saturated rings. The molecule has 0 N–H and O–H groups in total. The first-order chi connectivity index (χ1) is 8.69. The average Bonchev–Trinajstić information content (AvgIpc) is 2.38. The number of carbonyl (C=O) groups excluding carboxylic acids is 1. The van der Waals surface area contributed by atoms with Crippen LogP contribution in [0.15, 0.2) is 24.8 Å². The van der Waals surface area contributed by atoms with Crippen LogP contribution in [0.25, 0.3) is 0 Å². The minimum Gasteiger partial charge on any atom is -0.465 e. The van der Waals surface area contributed by atoms with E-state index in [9.17, 15) is 4.79 Å². The van der Waals surface area contributed by atoms with Gasteiger partial charge in [-0.15, -0.1) is 6.58 Å². The highest BCUT2D eigenvalue weighted by Crippen LogP contribution is 2.16. The fourth-order valence-corrected chi connectivity index (χ4v) is 1.88. The molecule has 0 saturated carbocycles. The number of rotatable bonds is 10. The van der Waals surface area contributed by atoms with Gasteiger partial charge in [-0.1, -0.05) is 38.5 Å². The first-order valence-electron chi connectivity index (χ1n) is 7.08. The van der Waals surface area contributed by atoms with E-state index in [1.165, 1.54) is 0 Å². The SMILES string of the molecule is C=CCC(CCC)C(=O)OCC(CC)C/C=C\C. The van der Waals surface area contributed by atoms with Crippen molar-refractivity contribution in [3.8, 4) is 0 Å². The van der Waals surface area contributed by atoms with Gasteiger partial charge in [0, 0.05) is 0 Å². The van der Waals surface area contributed by atoms with Crippen LogP contribution in [-0.2, 0) is 9.53 Å². The number of allylic oxidation sites excluding steroid dienone is 3. The smallest absolute Gasteiger partial charge is 0.309 e. The van der Waals surface area contributed by atoms with E-state index in [4.69, 9.17) is 4.74 Å². The highest BCUT2D eigenvalue weighted by molar-refractivity contribution is 5.72. The van der Waals surface area contributed by atoms with Gasteiger partial charge < -0.3 is 4.74 Å². The fraction of sp³-hybridized carbons (Fsp3) is 0.688. The van der Waals surface area contributed by atoms with Crippen molar-refractivity contribution in [3.63, 3.8) is 0 Å². The fourth-order valence-electron chi connectivity index (χ4n) is 1.88. The minimum absolute atomic E-state index is 0.00766. The molecule has 0 spiro atoms. The maximum Gasteiger partial charge on any atom is 0.309 e. The molecular formula is C16H28O2. The first-order valence-corrected chi connectivity index (χ1v) is 7.08. The van der Waals surface area contributed by atoms with Crippen LogP contribution >= 0.6 is 0 Å². The van der Waals surface area contributed by atoms with E-state index in [1.807, 2.05) is 13.0 Å². The largest absolute Gasteiger partial charge is 0.465 e. The average molecular weight is 252 g/mol. The standard InChI is InChI=1S/C16H28O2/c1-5-9-12-14(8-4)13-18-16(17)15(10-6-2)11-7-3/h5-6,9,14-15H,2,7-8,10-13H2,1,3-4H3/b9-5-. The molecule has 0 saturated heterocycles. The summed E-state index contributed by atoms with van der Waals surface area (Å²) in [6.07, 6.45) is 10.6. The van der Waals surface area contributed by atoms with Gasteiger partial charge in [0.1, 0.15) is 0 Å². The molecule has 0 amide bonds. The molecule has 0 rings (SSSR count). The highest BCUT2D eigenvalue weighted by atomic mass is 16.5. The number of hydrogen-bond acceptors (Lipinski definition) is 2. The summed E-state index contributed by atoms with van der Waals surface area (Å²) in [6.45, 7) is 10.5. The van der Waals surface area contributed by atoms with Crippen LogP contribution in [-0.4, -0.2) is 12.6 Å². The molecule has 0 radical (unpaired) electrons. The van der Waals surface area contributed by atoms with E-state index < -0.39 is 0 Å². The molecule has 0 aromatic rings. The molecular weight excluding hydrogens is 224 g/mol. The third-order valence-electron chi connectivity index (χ3n) is 3.17. The molecule has 2 heteroatoms. The summed E-state index contributed by atoms with van der Waals surface area (Å²) in [5.41, 5.74) is 0. The Morgan fingerprint density at radius 1 is 1.33 bits per heavy atom. The van der Waals surface area contributed by atoms with Crippen molar-refractivity contribution in [1.82, 2.24) is 0 Å². The van der Waals surface area contributed by atoms with Gasteiger partial charge in [-0.25, -0.2) is 0 Å². The van der Waals surface area contributed by atoms with E-state index in [1.54, 1.807) is 6.08 Å². The first kappa shape index (κ1) is 16.9. The molecule has 18 heavy (non-hydrogen) atoms. The van der Waals surface area contributed by atoms with Crippen molar-refractivity contribution in [2.45, 2.75) is 52.9 Å². The molecule has 0 aromatic carbocycles. The van der Waals surface area contributed by atoms with Crippen LogP contribution in [0.1, 0.15) is 52.9 Å². The zero-order valence-electron chi connectivity index (χ0n) is 12.2. The van der Waals surface area contributed by atoms with Crippen LogP contribution in [0.5, 0.6) is 0 Å². The lowest BCUT2D eigenvalue weighted by Gasteiger charge is -2.17. The van der Waals surface area contributed by atoms with Crippen LogP contribution in [0.3, 0.4) is 0 Å². The van der Waals surface area contributed by atoms with Crippen molar-refractivity contribution >= 4 is 5.97 Å². The van der Waals surface area contributed by atoms with Crippen molar-refractivity contribution in [3.05, 3.63) is 24.8 Å². The molecule has 0 aromatic heterocycles. The van der Waals surface area contributed by atoms with E-state index >= 15 is 0 Å². The molecule has 0 aliphatic carbocycles. The third kappa shape index (κ3) is 7.31. The lowest BCUT2D eigenvalue weighted by Crippen LogP contribution is -2.20. The van der Waals surface area contributed by atoms with Gasteiger partial charge in [0.05, 0.1) is 12.5 Å². The van der Waals surface area contributed by atoms with Gasteiger partial charge in [0.25, 0.3) is 0 Å². The Labute approximate surface area is 112 Å². The molecule has 2 unspecified atom stereocenters. The zero-order chi connectivity index (χ0) is 13.8. The monoisotopic (exact) mass is 252 g/mol. The number of hydrogen-bond donors (Lipinski definition) is 0. The summed E-state index contributed by atoms with van der Waals surface area (Å²) in [7, 11) is 0. The number of carbonyl (C=O) groups is 1. The Morgan fingerprint density at radius 2 is 2.06 bits per heavy atom. The Balaban J connectivity index is 4.13. The Morgan fingerprint density at radius 3 is 2.56 bits per heavy atom. The van der Waals surface area contributed by atoms with E-state index in [-0.39, 0.29) is 11.9 Å². The van der Waals surface area contributed by atoms with Gasteiger partial charge in [-0.05, 0) is 38.5 Å². The van der Waals surface area contributed by atoms with Crippen LogP contribution in [0.2, 0.25) is 0 Å². The summed E-state index contributed by atoms with van der Waals surface area (Å²) in [5.74, 6) is 0.374. The van der Waals surface area contributed by atoms with Crippen molar-refractivity contribution in [2.24, 2.45) is 11.8 Å². The number of esters is 1. The predicted molar refractivity (Wildman–Crippen MR) is 77.4 cm³/mol. The van der Waals surface area contributed by atoms with Gasteiger partial charge in [-0.2, -0.15) is 0 Å². The Bertz CT molecular complexity index is 256. The third-order valence-corrected chi connectivity index (χ3v) is 3.17. The highest BCUT2D eigenvalue weighted by Gasteiger charge is 2.18. The molecule has 2 nitrogen and oxygen atoms in total. The maximum absolute atomic E-state index is 11.9. The summed E-state index contributed by atoms with van der Waals surface area (Å²) >= 11 is 0. The molecule has 104 valence electrons. The van der Waals surface area contributed by atoms with E-state index in [0.717, 1.165) is 32.1 Å². The molecule has 0 aliphatic heterocycles. The zero-order valence-corrected chi connectivity index (χ0v) is 12.2. The molecule has 2 atom stereocenters. The topological polar surface area (TPSA) is 26.3 Å². The van der Waals surface area contributed by atoms with Crippen LogP contribution in [0, 0.1) is 11.8 Å². The Hall–Kier alpha value is -1.05. The quantitative estimate of drug-likeness (QED) is 0.422. The summed E-state index contributed by atoms with van der Waals surface area (Å²) in [4.78, 5) is 11.9. The predicted octanol–water partition coefficient (Wildman–Crippen LogP) is 4.51. The summed E-state index contributed by atoms with van der Waals surface area (Å²) < 4.78 is 5.44. The molecule has 0 bridgehead atoms. The van der Waals surface area contributed by atoms with Gasteiger partial charge in [-0.3, -0.25) is 4.79 Å². The summed E-state index contributed by atoms with van der Waals surface area (Å²) in [5, 5.41) is 0. The normalized spacial score (nSPS) is 14.4. The van der Waals surface area contributed by atoms with Crippen molar-refractivity contribution in [1.29, 1.82) is 0 Å². The van der Waals surface area contributed by atoms with Gasteiger partial charge in [0.15, 0.2) is 0 Å². The van der Waals surface area contributed by atoms with Crippen molar-refractivity contribution < 1.29 is 9.53 Å². The summed E-state index contributed by atoms with van der Waals surface area (Å²) in [6, 6.07) is 0. The second-order valence-electron chi connectivity index (χ2n) is 4.72. The van der Waals surface area contributed by atoms with E-state index in [0.29, 0.717) is 12.5 Å².